The molecule has 0 aromatic heterocycles. The van der Waals surface area contributed by atoms with Gasteiger partial charge < -0.3 is 14.8 Å². The molecule has 2 aromatic carbocycles. The zero-order valence-electron chi connectivity index (χ0n) is 13.9. The van der Waals surface area contributed by atoms with E-state index in [-0.39, 0.29) is 5.91 Å². The van der Waals surface area contributed by atoms with Crippen molar-refractivity contribution in [1.82, 2.24) is 0 Å². The molecule has 1 amide bonds. The van der Waals surface area contributed by atoms with Gasteiger partial charge in [0.25, 0.3) is 0 Å². The van der Waals surface area contributed by atoms with E-state index < -0.39 is 0 Å². The molecule has 0 unspecified atom stereocenters. The molecule has 128 valence electrons. The van der Waals surface area contributed by atoms with Gasteiger partial charge in [0.15, 0.2) is 11.5 Å². The SMILES string of the molecule is CCOc1ccc(/C=C/C(=O)Nc2ccc(C#N)c(Cl)c2)cc1OC. The van der Waals surface area contributed by atoms with E-state index in [1.165, 1.54) is 12.1 Å². The van der Waals surface area contributed by atoms with Crippen molar-refractivity contribution in [2.75, 3.05) is 19.0 Å². The van der Waals surface area contributed by atoms with Gasteiger partial charge in [-0.3, -0.25) is 4.79 Å². The van der Waals surface area contributed by atoms with Gasteiger partial charge in [-0.15, -0.1) is 0 Å². The van der Waals surface area contributed by atoms with Crippen LogP contribution < -0.4 is 14.8 Å². The number of carbonyl (C=O) groups excluding carboxylic acids is 1. The van der Waals surface area contributed by atoms with Crippen molar-refractivity contribution in [2.24, 2.45) is 0 Å². The Hall–Kier alpha value is -2.97. The van der Waals surface area contributed by atoms with Crippen LogP contribution in [0.5, 0.6) is 11.5 Å². The molecule has 0 atom stereocenters. The maximum atomic E-state index is 12.0. The fourth-order valence-electron chi connectivity index (χ4n) is 2.10. The lowest BCUT2D eigenvalue weighted by Crippen LogP contribution is -2.07. The molecule has 0 radical (unpaired) electrons. The van der Waals surface area contributed by atoms with Gasteiger partial charge in [0.2, 0.25) is 5.91 Å². The Kier molecular flexibility index (Phi) is 6.44. The molecule has 25 heavy (non-hydrogen) atoms. The smallest absolute Gasteiger partial charge is 0.248 e. The van der Waals surface area contributed by atoms with Crippen LogP contribution >= 0.6 is 11.6 Å². The highest BCUT2D eigenvalue weighted by Gasteiger charge is 2.05. The molecule has 0 aliphatic carbocycles. The molecular weight excluding hydrogens is 340 g/mol. The second-order valence-electron chi connectivity index (χ2n) is 4.97. The third-order valence-electron chi connectivity index (χ3n) is 3.27. The van der Waals surface area contributed by atoms with Crippen molar-refractivity contribution < 1.29 is 14.3 Å². The van der Waals surface area contributed by atoms with Gasteiger partial charge in [0.1, 0.15) is 6.07 Å². The second kappa shape index (κ2) is 8.76. The maximum absolute atomic E-state index is 12.0. The minimum absolute atomic E-state index is 0.292. The van der Waals surface area contributed by atoms with Crippen LogP contribution in [-0.4, -0.2) is 19.6 Å². The number of amides is 1. The average molecular weight is 357 g/mol. The van der Waals surface area contributed by atoms with Crippen molar-refractivity contribution in [2.45, 2.75) is 6.92 Å². The molecule has 0 aliphatic heterocycles. The van der Waals surface area contributed by atoms with Crippen molar-refractivity contribution >= 4 is 29.3 Å². The monoisotopic (exact) mass is 356 g/mol. The Morgan fingerprint density at radius 3 is 2.72 bits per heavy atom. The summed E-state index contributed by atoms with van der Waals surface area (Å²) in [6, 6.07) is 12.1. The van der Waals surface area contributed by atoms with E-state index >= 15 is 0 Å². The summed E-state index contributed by atoms with van der Waals surface area (Å²) in [6.07, 6.45) is 3.07. The van der Waals surface area contributed by atoms with E-state index in [9.17, 15) is 4.79 Å². The second-order valence-corrected chi connectivity index (χ2v) is 5.38. The van der Waals surface area contributed by atoms with Crippen LogP contribution in [0.2, 0.25) is 5.02 Å². The highest BCUT2D eigenvalue weighted by atomic mass is 35.5. The summed E-state index contributed by atoms with van der Waals surface area (Å²) in [6.45, 7) is 2.44. The summed E-state index contributed by atoms with van der Waals surface area (Å²) in [7, 11) is 1.56. The van der Waals surface area contributed by atoms with Crippen LogP contribution in [0.15, 0.2) is 42.5 Å². The number of nitrogens with zero attached hydrogens (tertiary/aromatic N) is 1. The van der Waals surface area contributed by atoms with Crippen LogP contribution in [0.25, 0.3) is 6.08 Å². The van der Waals surface area contributed by atoms with E-state index in [1.807, 2.05) is 19.1 Å². The number of carbonyl (C=O) groups is 1. The average Bonchev–Trinajstić information content (AvgIpc) is 2.61. The van der Waals surface area contributed by atoms with Gasteiger partial charge in [0, 0.05) is 11.8 Å². The van der Waals surface area contributed by atoms with Gasteiger partial charge in [-0.1, -0.05) is 17.7 Å². The number of nitrogens with one attached hydrogen (secondary N) is 1. The molecule has 0 bridgehead atoms. The lowest BCUT2D eigenvalue weighted by molar-refractivity contribution is -0.111. The molecule has 0 fully saturated rings. The third-order valence-corrected chi connectivity index (χ3v) is 3.58. The van der Waals surface area contributed by atoms with Crippen molar-refractivity contribution in [3.05, 3.63) is 58.6 Å². The molecule has 6 heteroatoms. The number of methoxy groups -OCH3 is 1. The lowest BCUT2D eigenvalue weighted by Gasteiger charge is -2.09. The first kappa shape index (κ1) is 18.4. The number of benzene rings is 2. The summed E-state index contributed by atoms with van der Waals surface area (Å²) < 4.78 is 10.7. The predicted octanol–water partition coefficient (Wildman–Crippen LogP) is 4.27. The summed E-state index contributed by atoms with van der Waals surface area (Å²) in [5.74, 6) is 0.940. The number of nitriles is 1. The van der Waals surface area contributed by atoms with Gasteiger partial charge in [-0.05, 0) is 48.9 Å². The summed E-state index contributed by atoms with van der Waals surface area (Å²) in [5.41, 5.74) is 1.67. The minimum atomic E-state index is -0.311. The topological polar surface area (TPSA) is 71.3 Å². The number of halogens is 1. The summed E-state index contributed by atoms with van der Waals surface area (Å²) in [4.78, 5) is 12.0. The normalized spacial score (nSPS) is 10.3. The first-order valence-electron chi connectivity index (χ1n) is 7.57. The van der Waals surface area contributed by atoms with E-state index in [0.717, 1.165) is 5.56 Å². The fourth-order valence-corrected chi connectivity index (χ4v) is 2.32. The summed E-state index contributed by atoms with van der Waals surface area (Å²) in [5, 5.41) is 11.8. The number of ether oxygens (including phenoxy) is 2. The van der Waals surface area contributed by atoms with Crippen LogP contribution in [0.3, 0.4) is 0 Å². The molecular formula is C19H17ClN2O3. The van der Waals surface area contributed by atoms with Gasteiger partial charge in [0.05, 0.1) is 24.3 Å². The Balaban J connectivity index is 2.07. The Bertz CT molecular complexity index is 841. The maximum Gasteiger partial charge on any atom is 0.248 e. The molecule has 2 rings (SSSR count). The number of hydrogen-bond acceptors (Lipinski definition) is 4. The molecule has 0 saturated heterocycles. The summed E-state index contributed by atoms with van der Waals surface area (Å²) >= 11 is 5.94. The number of hydrogen-bond donors (Lipinski definition) is 1. The van der Waals surface area contributed by atoms with Crippen LogP contribution in [0, 0.1) is 11.3 Å². The van der Waals surface area contributed by atoms with E-state index in [2.05, 4.69) is 5.32 Å². The Morgan fingerprint density at radius 2 is 2.08 bits per heavy atom. The molecule has 0 spiro atoms. The van der Waals surface area contributed by atoms with Crippen molar-refractivity contribution in [3.63, 3.8) is 0 Å². The zero-order chi connectivity index (χ0) is 18.2. The third kappa shape index (κ3) is 5.00. The largest absolute Gasteiger partial charge is 0.493 e. The zero-order valence-corrected chi connectivity index (χ0v) is 14.6. The number of anilines is 1. The molecule has 0 saturated carbocycles. The van der Waals surface area contributed by atoms with Gasteiger partial charge in [-0.2, -0.15) is 5.26 Å². The Morgan fingerprint density at radius 1 is 1.28 bits per heavy atom. The number of rotatable bonds is 6. The molecule has 5 nitrogen and oxygen atoms in total. The van der Waals surface area contributed by atoms with Crippen molar-refractivity contribution in [1.29, 1.82) is 5.26 Å². The standard InChI is InChI=1S/C19H17ClN2O3/c1-3-25-17-8-4-13(10-18(17)24-2)5-9-19(23)22-15-7-6-14(12-21)16(20)11-15/h4-11H,3H2,1-2H3,(H,22,23)/b9-5+. The minimum Gasteiger partial charge on any atom is -0.493 e. The van der Waals surface area contributed by atoms with Crippen LogP contribution in [-0.2, 0) is 4.79 Å². The van der Waals surface area contributed by atoms with Crippen molar-refractivity contribution in [3.8, 4) is 17.6 Å². The highest BCUT2D eigenvalue weighted by molar-refractivity contribution is 6.32. The highest BCUT2D eigenvalue weighted by Crippen LogP contribution is 2.28. The van der Waals surface area contributed by atoms with E-state index in [0.29, 0.717) is 34.4 Å². The van der Waals surface area contributed by atoms with E-state index in [4.69, 9.17) is 26.3 Å². The molecule has 1 N–H and O–H groups in total. The van der Waals surface area contributed by atoms with Crippen LogP contribution in [0.4, 0.5) is 5.69 Å². The molecule has 0 heterocycles. The first-order valence-corrected chi connectivity index (χ1v) is 7.94. The van der Waals surface area contributed by atoms with Gasteiger partial charge >= 0.3 is 0 Å². The predicted molar refractivity (Wildman–Crippen MR) is 98.0 cm³/mol. The Labute approximate surface area is 151 Å². The molecule has 2 aromatic rings. The van der Waals surface area contributed by atoms with Gasteiger partial charge in [-0.25, -0.2) is 0 Å². The van der Waals surface area contributed by atoms with Crippen LogP contribution in [0.1, 0.15) is 18.1 Å². The van der Waals surface area contributed by atoms with E-state index in [1.54, 1.807) is 37.5 Å². The lowest BCUT2D eigenvalue weighted by atomic mass is 10.2. The first-order chi connectivity index (χ1) is 12.1. The fraction of sp³-hybridized carbons (Fsp3) is 0.158. The quantitative estimate of drug-likeness (QED) is 0.784. The molecule has 0 aliphatic rings.